The number of nitrogens with two attached hydrogens (primary N) is 1. The first-order chi connectivity index (χ1) is 8.08. The molecule has 1 rings (SSSR count). The smallest absolute Gasteiger partial charge is 0.210 e. The molecule has 0 fully saturated rings. The Kier molecular flexibility index (Phi) is 5.44. The van der Waals surface area contributed by atoms with Crippen molar-refractivity contribution < 1.29 is 0 Å². The van der Waals surface area contributed by atoms with Gasteiger partial charge in [-0.1, -0.05) is 13.0 Å². The Morgan fingerprint density at radius 1 is 1.41 bits per heavy atom. The van der Waals surface area contributed by atoms with Gasteiger partial charge < -0.3 is 5.32 Å². The van der Waals surface area contributed by atoms with Crippen LogP contribution in [-0.2, 0) is 0 Å². The van der Waals surface area contributed by atoms with E-state index in [0.717, 1.165) is 28.7 Å². The molecule has 0 aliphatic carbocycles. The predicted octanol–water partition coefficient (Wildman–Crippen LogP) is 2.71. The Morgan fingerprint density at radius 2 is 2.12 bits per heavy atom. The topological polar surface area (TPSA) is 62.4 Å². The first-order valence-corrected chi connectivity index (χ1v) is 6.42. The van der Waals surface area contributed by atoms with Crippen LogP contribution in [0.15, 0.2) is 21.6 Å². The van der Waals surface area contributed by atoms with Gasteiger partial charge in [0, 0.05) is 11.0 Å². The van der Waals surface area contributed by atoms with E-state index in [-0.39, 0.29) is 0 Å². The van der Waals surface area contributed by atoms with E-state index in [1.807, 2.05) is 6.92 Å². The molecule has 0 aromatic heterocycles. The zero-order chi connectivity index (χ0) is 12.8. The molecule has 94 valence electrons. The Balaban J connectivity index is 2.94. The number of hydrogen-bond acceptors (Lipinski definition) is 2. The third kappa shape index (κ3) is 4.02. The molecule has 0 atom stereocenters. The summed E-state index contributed by atoms with van der Waals surface area (Å²) in [5.41, 5.74) is 5.93. The summed E-state index contributed by atoms with van der Waals surface area (Å²) >= 11 is 3.54. The first-order valence-electron chi connectivity index (χ1n) is 5.63. The summed E-state index contributed by atoms with van der Waals surface area (Å²) in [6, 6.07) is 4.17. The molecular weight excluding hydrogens is 280 g/mol. The monoisotopic (exact) mass is 298 g/mol. The summed E-state index contributed by atoms with van der Waals surface area (Å²) in [5, 5.41) is 3.19. The fourth-order valence-corrected chi connectivity index (χ4v) is 2.31. The normalized spacial score (nSPS) is 11.5. The zero-order valence-corrected chi connectivity index (χ0v) is 12.1. The summed E-state index contributed by atoms with van der Waals surface area (Å²) in [6.07, 6.45) is 0.987. The van der Waals surface area contributed by atoms with E-state index in [1.165, 1.54) is 5.56 Å². The molecule has 0 heterocycles. The molecule has 4 nitrogen and oxygen atoms in total. The van der Waals surface area contributed by atoms with Gasteiger partial charge in [-0.3, -0.25) is 10.4 Å². The molecule has 17 heavy (non-hydrogen) atoms. The van der Waals surface area contributed by atoms with Gasteiger partial charge in [-0.2, -0.15) is 0 Å². The summed E-state index contributed by atoms with van der Waals surface area (Å²) in [7, 11) is 0. The number of aryl methyl sites for hydroxylation is 2. The van der Waals surface area contributed by atoms with E-state index in [1.54, 1.807) is 0 Å². The number of hydrazine groups is 1. The third-order valence-electron chi connectivity index (χ3n) is 2.31. The van der Waals surface area contributed by atoms with Crippen LogP contribution in [0, 0.1) is 13.8 Å². The molecule has 0 saturated heterocycles. The van der Waals surface area contributed by atoms with Crippen LogP contribution in [0.1, 0.15) is 24.5 Å². The lowest BCUT2D eigenvalue weighted by molar-refractivity contribution is 0.905. The van der Waals surface area contributed by atoms with E-state index in [9.17, 15) is 0 Å². The lowest BCUT2D eigenvalue weighted by Crippen LogP contribution is -2.36. The second kappa shape index (κ2) is 6.61. The third-order valence-corrected chi connectivity index (χ3v) is 2.93. The van der Waals surface area contributed by atoms with Crippen molar-refractivity contribution >= 4 is 27.6 Å². The molecule has 1 aromatic carbocycles. The van der Waals surface area contributed by atoms with Crippen molar-refractivity contribution in [3.8, 4) is 0 Å². The van der Waals surface area contributed by atoms with Crippen LogP contribution < -0.4 is 16.6 Å². The number of rotatable bonds is 3. The van der Waals surface area contributed by atoms with Crippen LogP contribution in [-0.4, -0.2) is 12.5 Å². The van der Waals surface area contributed by atoms with E-state index in [2.05, 4.69) is 57.6 Å². The predicted molar refractivity (Wildman–Crippen MR) is 77.2 cm³/mol. The van der Waals surface area contributed by atoms with Crippen molar-refractivity contribution in [2.45, 2.75) is 27.2 Å². The number of nitrogens with zero attached hydrogens (tertiary/aromatic N) is 1. The van der Waals surface area contributed by atoms with Crippen molar-refractivity contribution in [3.05, 3.63) is 27.7 Å². The van der Waals surface area contributed by atoms with Crippen LogP contribution in [0.2, 0.25) is 0 Å². The fourth-order valence-electron chi connectivity index (χ4n) is 1.54. The highest BCUT2D eigenvalue weighted by Gasteiger charge is 2.06. The number of hydrogen-bond donors (Lipinski definition) is 3. The molecule has 0 aliphatic rings. The Morgan fingerprint density at radius 3 is 2.65 bits per heavy atom. The van der Waals surface area contributed by atoms with Crippen molar-refractivity contribution in [2.24, 2.45) is 10.8 Å². The van der Waals surface area contributed by atoms with Gasteiger partial charge in [0.25, 0.3) is 0 Å². The van der Waals surface area contributed by atoms with Gasteiger partial charge >= 0.3 is 0 Å². The summed E-state index contributed by atoms with van der Waals surface area (Å²) in [4.78, 5) is 4.31. The summed E-state index contributed by atoms with van der Waals surface area (Å²) in [5.74, 6) is 6.02. The second-order valence-corrected chi connectivity index (χ2v) is 4.79. The molecule has 0 radical (unpaired) electrons. The standard InChI is InChI=1S/C12H19BrN4/c1-4-5-15-12(17-14)16-11-9(3)6-8(2)7-10(11)13/h6-7H,4-5,14H2,1-3H3,(H2,15,16,17). The molecule has 0 spiro atoms. The van der Waals surface area contributed by atoms with Crippen LogP contribution in [0.5, 0.6) is 0 Å². The highest BCUT2D eigenvalue weighted by molar-refractivity contribution is 9.10. The quantitative estimate of drug-likeness (QED) is 0.348. The largest absolute Gasteiger partial charge is 0.324 e. The lowest BCUT2D eigenvalue weighted by Gasteiger charge is -2.14. The number of anilines is 1. The van der Waals surface area contributed by atoms with Crippen LogP contribution >= 0.6 is 15.9 Å². The van der Waals surface area contributed by atoms with E-state index in [4.69, 9.17) is 5.84 Å². The maximum atomic E-state index is 5.43. The molecule has 0 amide bonds. The van der Waals surface area contributed by atoms with E-state index in [0.29, 0.717) is 5.96 Å². The van der Waals surface area contributed by atoms with E-state index >= 15 is 0 Å². The molecular formula is C12H19BrN4. The highest BCUT2D eigenvalue weighted by atomic mass is 79.9. The van der Waals surface area contributed by atoms with Gasteiger partial charge in [0.05, 0.1) is 5.69 Å². The van der Waals surface area contributed by atoms with Crippen molar-refractivity contribution in [1.82, 2.24) is 5.43 Å². The average Bonchev–Trinajstić information content (AvgIpc) is 2.27. The Bertz CT molecular complexity index is 392. The maximum absolute atomic E-state index is 5.43. The van der Waals surface area contributed by atoms with Crippen LogP contribution in [0.3, 0.4) is 0 Å². The highest BCUT2D eigenvalue weighted by Crippen LogP contribution is 2.27. The number of guanidine groups is 1. The molecule has 0 bridgehead atoms. The SMILES string of the molecule is CCCN=C(NN)Nc1c(C)cc(C)cc1Br. The number of nitrogens with one attached hydrogen (secondary N) is 2. The van der Waals surface area contributed by atoms with Crippen LogP contribution in [0.4, 0.5) is 5.69 Å². The minimum Gasteiger partial charge on any atom is -0.324 e. The maximum Gasteiger partial charge on any atom is 0.210 e. The van der Waals surface area contributed by atoms with E-state index < -0.39 is 0 Å². The second-order valence-electron chi connectivity index (χ2n) is 3.94. The lowest BCUT2D eigenvalue weighted by atomic mass is 10.1. The van der Waals surface area contributed by atoms with Gasteiger partial charge in [0.2, 0.25) is 5.96 Å². The zero-order valence-electron chi connectivity index (χ0n) is 10.5. The first kappa shape index (κ1) is 14.0. The fraction of sp³-hybridized carbons (Fsp3) is 0.417. The minimum atomic E-state index is 0.583. The Labute approximate surface area is 111 Å². The summed E-state index contributed by atoms with van der Waals surface area (Å²) < 4.78 is 1.01. The molecule has 0 unspecified atom stereocenters. The van der Waals surface area contributed by atoms with Crippen molar-refractivity contribution in [2.75, 3.05) is 11.9 Å². The van der Waals surface area contributed by atoms with Gasteiger partial charge in [-0.15, -0.1) is 0 Å². The number of aliphatic imine (C=N–C) groups is 1. The van der Waals surface area contributed by atoms with Crippen molar-refractivity contribution in [3.63, 3.8) is 0 Å². The van der Waals surface area contributed by atoms with Gasteiger partial charge in [0.1, 0.15) is 0 Å². The molecule has 1 aromatic rings. The molecule has 4 N–H and O–H groups in total. The average molecular weight is 299 g/mol. The molecule has 0 aliphatic heterocycles. The van der Waals surface area contributed by atoms with Gasteiger partial charge in [-0.05, 0) is 53.4 Å². The Hall–Kier alpha value is -1.07. The van der Waals surface area contributed by atoms with Crippen LogP contribution in [0.25, 0.3) is 0 Å². The minimum absolute atomic E-state index is 0.583. The molecule has 0 saturated carbocycles. The van der Waals surface area contributed by atoms with Crippen molar-refractivity contribution in [1.29, 1.82) is 0 Å². The van der Waals surface area contributed by atoms with Gasteiger partial charge in [0.15, 0.2) is 0 Å². The summed E-state index contributed by atoms with van der Waals surface area (Å²) in [6.45, 7) is 6.93. The van der Waals surface area contributed by atoms with Gasteiger partial charge in [-0.25, -0.2) is 5.84 Å². The molecule has 5 heteroatoms. The number of halogens is 1. The number of benzene rings is 1.